The molecule has 3 N–H and O–H groups in total. The van der Waals surface area contributed by atoms with E-state index in [1.807, 2.05) is 24.3 Å². The highest BCUT2D eigenvalue weighted by Gasteiger charge is 2.42. The summed E-state index contributed by atoms with van der Waals surface area (Å²) in [5, 5.41) is 15.6. The van der Waals surface area contributed by atoms with Gasteiger partial charge in [-0.25, -0.2) is 4.79 Å². The number of likely N-dealkylation sites (tertiary alicyclic amines) is 1. The fraction of sp³-hybridized carbons (Fsp3) is 0.355. The van der Waals surface area contributed by atoms with Crippen LogP contribution in [0, 0.1) is 5.92 Å². The molecule has 1 saturated carbocycles. The smallest absolute Gasteiger partial charge is 0.404 e. The molecule has 1 heterocycles. The molecule has 5 rings (SSSR count). The van der Waals surface area contributed by atoms with Crippen molar-refractivity contribution in [2.24, 2.45) is 5.92 Å². The Labute approximate surface area is 250 Å². The molecule has 40 heavy (non-hydrogen) atoms. The van der Waals surface area contributed by atoms with Crippen LogP contribution >= 0.6 is 34.8 Å². The van der Waals surface area contributed by atoms with Crippen molar-refractivity contribution in [1.29, 1.82) is 0 Å². The quantitative estimate of drug-likeness (QED) is 0.264. The predicted molar refractivity (Wildman–Crippen MR) is 161 cm³/mol. The number of hydrogen-bond acceptors (Lipinski definition) is 3. The summed E-state index contributed by atoms with van der Waals surface area (Å²) in [6, 6.07) is 23.5. The Morgan fingerprint density at radius 1 is 0.925 bits per heavy atom. The summed E-state index contributed by atoms with van der Waals surface area (Å²) in [4.78, 5) is 24.5. The molecule has 2 aliphatic rings. The van der Waals surface area contributed by atoms with Crippen molar-refractivity contribution in [2.75, 3.05) is 19.6 Å². The SMILES string of the molecule is CC(=O)NC1(c2ccccc2)CCN(C[C@@H]2C[C@@H]2c2ccc(Cl)c(Cl)c2)CC1.O=C(O)NCc1ccccc1Cl. The Bertz CT molecular complexity index is 1310. The number of carboxylic acid groups (broad SMARTS) is 1. The molecule has 3 aromatic carbocycles. The van der Waals surface area contributed by atoms with Crippen LogP contribution in [0.25, 0.3) is 0 Å². The van der Waals surface area contributed by atoms with Crippen molar-refractivity contribution in [3.63, 3.8) is 0 Å². The Hall–Kier alpha value is -2.77. The Morgan fingerprint density at radius 3 is 2.23 bits per heavy atom. The van der Waals surface area contributed by atoms with Crippen LogP contribution < -0.4 is 10.6 Å². The molecule has 1 saturated heterocycles. The number of amides is 2. The van der Waals surface area contributed by atoms with Crippen LogP contribution in [-0.2, 0) is 16.9 Å². The van der Waals surface area contributed by atoms with Crippen LogP contribution in [0.1, 0.15) is 48.8 Å². The number of nitrogens with zero attached hydrogens (tertiary/aromatic N) is 1. The average Bonchev–Trinajstić information content (AvgIpc) is 3.70. The lowest BCUT2D eigenvalue weighted by molar-refractivity contribution is -0.121. The zero-order valence-electron chi connectivity index (χ0n) is 22.4. The van der Waals surface area contributed by atoms with E-state index >= 15 is 0 Å². The molecule has 1 aliphatic carbocycles. The van der Waals surface area contributed by atoms with Crippen molar-refractivity contribution in [3.05, 3.63) is 105 Å². The minimum absolute atomic E-state index is 0.0409. The molecule has 2 atom stereocenters. The van der Waals surface area contributed by atoms with Crippen molar-refractivity contribution < 1.29 is 14.7 Å². The fourth-order valence-electron chi connectivity index (χ4n) is 5.44. The maximum atomic E-state index is 11.9. The Balaban J connectivity index is 0.000000259. The van der Waals surface area contributed by atoms with Gasteiger partial charge in [0.25, 0.3) is 0 Å². The second-order valence-corrected chi connectivity index (χ2v) is 11.7. The van der Waals surface area contributed by atoms with Gasteiger partial charge >= 0.3 is 6.09 Å². The third-order valence-electron chi connectivity index (χ3n) is 7.63. The number of hydrogen-bond donors (Lipinski definition) is 3. The minimum atomic E-state index is -1.05. The standard InChI is InChI=1S/C23H26Cl2N2O.C8H8ClNO2/c1-16(28)26-23(19-5-3-2-4-6-19)9-11-27(12-10-23)15-18-13-20(18)17-7-8-21(24)22(25)14-17;9-7-4-2-1-3-6(7)5-10-8(11)12/h2-8,14,18,20H,9-13,15H2,1H3,(H,26,28);1-4,10H,5H2,(H,11,12)/t18-,20+;/m0./s1. The van der Waals surface area contributed by atoms with Crippen molar-refractivity contribution in [3.8, 4) is 0 Å². The van der Waals surface area contributed by atoms with Gasteiger partial charge in [0.05, 0.1) is 15.6 Å². The molecule has 212 valence electrons. The van der Waals surface area contributed by atoms with Gasteiger partial charge in [-0.3, -0.25) is 4.79 Å². The third kappa shape index (κ3) is 8.14. The fourth-order valence-corrected chi connectivity index (χ4v) is 5.95. The van der Waals surface area contributed by atoms with Gasteiger partial charge < -0.3 is 20.6 Å². The van der Waals surface area contributed by atoms with Gasteiger partial charge in [0.15, 0.2) is 0 Å². The lowest BCUT2D eigenvalue weighted by atomic mass is 9.80. The number of rotatable bonds is 7. The minimum Gasteiger partial charge on any atom is -0.465 e. The van der Waals surface area contributed by atoms with Gasteiger partial charge in [0, 0.05) is 38.1 Å². The van der Waals surface area contributed by atoms with Crippen LogP contribution in [0.4, 0.5) is 4.79 Å². The molecule has 2 fully saturated rings. The first-order valence-electron chi connectivity index (χ1n) is 13.4. The van der Waals surface area contributed by atoms with Gasteiger partial charge in [-0.15, -0.1) is 0 Å². The van der Waals surface area contributed by atoms with Crippen molar-refractivity contribution in [1.82, 2.24) is 15.5 Å². The van der Waals surface area contributed by atoms with Gasteiger partial charge in [0.2, 0.25) is 5.91 Å². The van der Waals surface area contributed by atoms with E-state index in [-0.39, 0.29) is 18.0 Å². The zero-order valence-corrected chi connectivity index (χ0v) is 24.6. The molecule has 3 aromatic rings. The summed E-state index contributed by atoms with van der Waals surface area (Å²) in [7, 11) is 0. The van der Waals surface area contributed by atoms with Gasteiger partial charge in [-0.1, -0.05) is 89.4 Å². The molecule has 0 spiro atoms. The van der Waals surface area contributed by atoms with Crippen LogP contribution in [-0.4, -0.2) is 41.6 Å². The summed E-state index contributed by atoms with van der Waals surface area (Å²) in [5.41, 5.74) is 3.05. The van der Waals surface area contributed by atoms with Gasteiger partial charge in [-0.2, -0.15) is 0 Å². The Morgan fingerprint density at radius 2 is 1.60 bits per heavy atom. The maximum Gasteiger partial charge on any atom is 0.404 e. The first-order chi connectivity index (χ1) is 19.2. The molecule has 0 unspecified atom stereocenters. The molecular formula is C31H34Cl3N3O3. The summed E-state index contributed by atoms with van der Waals surface area (Å²) in [5.74, 6) is 1.31. The third-order valence-corrected chi connectivity index (χ3v) is 8.73. The largest absolute Gasteiger partial charge is 0.465 e. The highest BCUT2D eigenvalue weighted by atomic mass is 35.5. The van der Waals surface area contributed by atoms with Crippen LogP contribution in [0.2, 0.25) is 15.1 Å². The number of carbonyl (C=O) groups excluding carboxylic acids is 1. The first kappa shape index (κ1) is 30.2. The summed E-state index contributed by atoms with van der Waals surface area (Å²) < 4.78 is 0. The van der Waals surface area contributed by atoms with Crippen molar-refractivity contribution >= 4 is 46.8 Å². The van der Waals surface area contributed by atoms with E-state index in [9.17, 15) is 9.59 Å². The maximum absolute atomic E-state index is 11.9. The highest BCUT2D eigenvalue weighted by Crippen LogP contribution is 2.49. The average molecular weight is 603 g/mol. The molecule has 2 amide bonds. The van der Waals surface area contributed by atoms with Crippen molar-refractivity contribution in [2.45, 2.75) is 44.2 Å². The number of benzene rings is 3. The first-order valence-corrected chi connectivity index (χ1v) is 14.5. The van der Waals surface area contributed by atoms with E-state index < -0.39 is 6.09 Å². The summed E-state index contributed by atoms with van der Waals surface area (Å²) in [6.45, 7) is 4.97. The summed E-state index contributed by atoms with van der Waals surface area (Å²) in [6.07, 6.45) is 2.06. The van der Waals surface area contributed by atoms with Gasteiger partial charge in [-0.05, 0) is 66.0 Å². The topological polar surface area (TPSA) is 81.7 Å². The number of nitrogens with one attached hydrogen (secondary N) is 2. The highest BCUT2D eigenvalue weighted by molar-refractivity contribution is 6.42. The zero-order chi connectivity index (χ0) is 28.7. The van der Waals surface area contributed by atoms with E-state index in [2.05, 4.69) is 45.9 Å². The van der Waals surface area contributed by atoms with Crippen LogP contribution in [0.15, 0.2) is 72.8 Å². The lowest BCUT2D eigenvalue weighted by Crippen LogP contribution is -2.52. The number of carbonyl (C=O) groups is 2. The van der Waals surface area contributed by atoms with E-state index in [4.69, 9.17) is 39.9 Å². The molecule has 1 aliphatic heterocycles. The normalized spacial score (nSPS) is 19.6. The van der Waals surface area contributed by atoms with E-state index in [0.29, 0.717) is 26.9 Å². The monoisotopic (exact) mass is 601 g/mol. The van der Waals surface area contributed by atoms with E-state index in [0.717, 1.165) is 38.0 Å². The second kappa shape index (κ2) is 13.7. The predicted octanol–water partition coefficient (Wildman–Crippen LogP) is 7.33. The Kier molecular flexibility index (Phi) is 10.4. The molecule has 9 heteroatoms. The number of piperidine rings is 1. The van der Waals surface area contributed by atoms with Gasteiger partial charge in [0.1, 0.15) is 0 Å². The molecule has 6 nitrogen and oxygen atoms in total. The van der Waals surface area contributed by atoms with Crippen LogP contribution in [0.5, 0.6) is 0 Å². The molecule has 0 aromatic heterocycles. The molecule has 0 bridgehead atoms. The van der Waals surface area contributed by atoms with E-state index in [1.165, 1.54) is 17.5 Å². The van der Waals surface area contributed by atoms with Crippen LogP contribution in [0.3, 0.4) is 0 Å². The molecule has 0 radical (unpaired) electrons. The summed E-state index contributed by atoms with van der Waals surface area (Å²) >= 11 is 18.0. The molecular weight excluding hydrogens is 569 g/mol. The number of halogens is 3. The second-order valence-electron chi connectivity index (χ2n) is 10.5. The van der Waals surface area contributed by atoms with E-state index in [1.54, 1.807) is 25.1 Å². The lowest BCUT2D eigenvalue weighted by Gasteiger charge is -2.43.